The van der Waals surface area contributed by atoms with Crippen LogP contribution in [-0.2, 0) is 0 Å². The van der Waals surface area contributed by atoms with E-state index in [2.05, 4.69) is 263 Å². The molecule has 2 aliphatic rings. The van der Waals surface area contributed by atoms with Gasteiger partial charge in [-0.05, 0) is 113 Å². The monoisotopic (exact) mass is 1030 g/mol. The van der Waals surface area contributed by atoms with E-state index < -0.39 is 0 Å². The molecule has 2 atom stereocenters. The minimum Gasteiger partial charge on any atom is -0.344 e. The lowest BCUT2D eigenvalue weighted by Gasteiger charge is -2.24. The summed E-state index contributed by atoms with van der Waals surface area (Å²) in [6.07, 6.45) is 7.22. The van der Waals surface area contributed by atoms with Crippen LogP contribution in [0.5, 0.6) is 0 Å². The summed E-state index contributed by atoms with van der Waals surface area (Å²) in [6.45, 7) is 0. The van der Waals surface area contributed by atoms with Crippen LogP contribution >= 0.6 is 0 Å². The number of fused-ring (bicyclic) bond motifs is 6. The average molecular weight is 1030 g/mol. The smallest absolute Gasteiger partial charge is 0.163 e. The Kier molecular flexibility index (Phi) is 11.5. The maximum atomic E-state index is 5.19. The highest BCUT2D eigenvalue weighted by molar-refractivity contribution is 6.14. The molecule has 0 saturated carbocycles. The van der Waals surface area contributed by atoms with Gasteiger partial charge in [0.05, 0.1) is 22.1 Å². The Morgan fingerprint density at radius 1 is 0.388 bits per heavy atom. The zero-order chi connectivity index (χ0) is 52.9. The van der Waals surface area contributed by atoms with Crippen molar-refractivity contribution >= 4 is 60.9 Å². The first-order chi connectivity index (χ1) is 39.6. The fourth-order valence-corrected chi connectivity index (χ4v) is 11.6. The van der Waals surface area contributed by atoms with E-state index in [1.807, 2.05) is 24.3 Å². The van der Waals surface area contributed by atoms with Gasteiger partial charge in [-0.15, -0.1) is 0 Å². The van der Waals surface area contributed by atoms with Crippen molar-refractivity contribution in [3.63, 3.8) is 0 Å². The second-order valence-corrected chi connectivity index (χ2v) is 20.4. The standard InChI is InChI=1S/C72H50N8/c1-3-16-49(17-4-1)67-73-69(77-71(75-67)53-38-42-57(43-39-53)79-63-26-11-7-22-59(63)60-23-8-12-27-64(60)79)51-34-30-47(31-35-51)55-20-15-21-56(46-55)48-32-36-52(37-33-48)70-74-68(50-18-5-2-6-19-50)76-72(78-70)54-40-44-58(45-41-54)80-65-28-13-9-24-61(65)62-25-10-14-29-66(62)80/h1-36,38-46,52,67H,37H2,(H,73,75,77). The fraction of sp³-hybridized carbons (Fsp3) is 0.0417. The van der Waals surface area contributed by atoms with E-state index in [9.17, 15) is 0 Å². The van der Waals surface area contributed by atoms with Crippen molar-refractivity contribution in [3.05, 3.63) is 301 Å². The molecule has 0 fully saturated rings. The summed E-state index contributed by atoms with van der Waals surface area (Å²) in [5.74, 6) is 3.50. The van der Waals surface area contributed by atoms with Crippen molar-refractivity contribution < 1.29 is 0 Å². The van der Waals surface area contributed by atoms with Gasteiger partial charge in [-0.25, -0.2) is 24.9 Å². The number of hydrogen-bond donors (Lipinski definition) is 1. The predicted molar refractivity (Wildman–Crippen MR) is 328 cm³/mol. The molecule has 2 unspecified atom stereocenters. The van der Waals surface area contributed by atoms with Gasteiger partial charge >= 0.3 is 0 Å². The van der Waals surface area contributed by atoms with Crippen molar-refractivity contribution in [2.75, 3.05) is 0 Å². The van der Waals surface area contributed by atoms with Crippen LogP contribution in [0.3, 0.4) is 0 Å². The van der Waals surface area contributed by atoms with Crippen LogP contribution in [0, 0.1) is 0 Å². The van der Waals surface area contributed by atoms with Gasteiger partial charge < -0.3 is 14.5 Å². The van der Waals surface area contributed by atoms with Gasteiger partial charge in [0, 0.05) is 61.1 Å². The van der Waals surface area contributed by atoms with Gasteiger partial charge in [-0.3, -0.25) is 0 Å². The molecular weight excluding hydrogens is 977 g/mol. The Morgan fingerprint density at radius 3 is 1.40 bits per heavy atom. The molecule has 0 radical (unpaired) electrons. The summed E-state index contributed by atoms with van der Waals surface area (Å²) in [5, 5.41) is 8.61. The Labute approximate surface area is 462 Å². The molecule has 8 heteroatoms. The molecule has 1 N–H and O–H groups in total. The quantitative estimate of drug-likeness (QED) is 0.148. The molecule has 378 valence electrons. The third kappa shape index (κ3) is 8.47. The van der Waals surface area contributed by atoms with Crippen molar-refractivity contribution in [2.24, 2.45) is 9.98 Å². The fourth-order valence-electron chi connectivity index (χ4n) is 11.6. The van der Waals surface area contributed by atoms with Crippen LogP contribution in [0.25, 0.3) is 94.5 Å². The van der Waals surface area contributed by atoms with Gasteiger partial charge in [-0.2, -0.15) is 0 Å². The molecule has 13 aromatic rings. The zero-order valence-electron chi connectivity index (χ0n) is 43.5. The number of nitrogens with zero attached hydrogens (tertiary/aromatic N) is 7. The summed E-state index contributed by atoms with van der Waals surface area (Å²) in [6, 6.07) is 89.6. The van der Waals surface area contributed by atoms with Gasteiger partial charge in [0.2, 0.25) is 0 Å². The molecule has 4 heterocycles. The van der Waals surface area contributed by atoms with Gasteiger partial charge in [0.1, 0.15) is 17.8 Å². The van der Waals surface area contributed by atoms with Crippen molar-refractivity contribution in [3.8, 4) is 45.3 Å². The van der Waals surface area contributed by atoms with E-state index in [0.29, 0.717) is 17.5 Å². The van der Waals surface area contributed by atoms with Gasteiger partial charge in [0.15, 0.2) is 17.5 Å². The molecule has 0 bridgehead atoms. The van der Waals surface area contributed by atoms with Crippen molar-refractivity contribution in [1.29, 1.82) is 0 Å². The van der Waals surface area contributed by atoms with E-state index in [0.717, 1.165) is 74.0 Å². The number of aromatic nitrogens is 5. The first-order valence-corrected chi connectivity index (χ1v) is 27.2. The Morgan fingerprint density at radius 2 is 0.850 bits per heavy atom. The van der Waals surface area contributed by atoms with E-state index in [1.54, 1.807) is 0 Å². The normalized spacial score (nSPS) is 15.2. The highest BCUT2D eigenvalue weighted by atomic mass is 15.2. The number of hydrogen-bond acceptors (Lipinski definition) is 6. The van der Waals surface area contributed by atoms with Crippen LogP contribution in [0.15, 0.2) is 283 Å². The van der Waals surface area contributed by atoms with E-state index in [-0.39, 0.29) is 12.1 Å². The molecule has 0 saturated heterocycles. The SMILES string of the molecule is C1=CC(c2nc(-c3ccccc3)nc(-c3ccc(-n4c5ccccc5c5ccccc54)cc3)n2)CC=C1c1cccc(-c2ccc(C3=NC(c4ccccc4)NC(c4ccc(-n5c6ccccc6c6ccccc65)cc4)=N3)cc2)c1. The number of aliphatic imine (C=N–C) groups is 2. The maximum Gasteiger partial charge on any atom is 0.163 e. The lowest BCUT2D eigenvalue weighted by atomic mass is 9.91. The molecule has 1 aliphatic heterocycles. The highest BCUT2D eigenvalue weighted by Crippen LogP contribution is 2.37. The summed E-state index contributed by atoms with van der Waals surface area (Å²) >= 11 is 0. The van der Waals surface area contributed by atoms with Crippen molar-refractivity contribution in [2.45, 2.75) is 18.5 Å². The lowest BCUT2D eigenvalue weighted by Crippen LogP contribution is -2.33. The van der Waals surface area contributed by atoms with Crippen LogP contribution in [0.4, 0.5) is 0 Å². The minimum atomic E-state index is -0.307. The maximum absolute atomic E-state index is 5.19. The van der Waals surface area contributed by atoms with Crippen LogP contribution < -0.4 is 5.32 Å². The average Bonchev–Trinajstić information content (AvgIpc) is 4.20. The van der Waals surface area contributed by atoms with E-state index in [1.165, 1.54) is 49.2 Å². The second kappa shape index (κ2) is 19.8. The number of rotatable bonds is 10. The number of nitrogens with one attached hydrogen (secondary N) is 1. The van der Waals surface area contributed by atoms with E-state index >= 15 is 0 Å². The molecule has 15 rings (SSSR count). The summed E-state index contributed by atoms with van der Waals surface area (Å²) < 4.78 is 4.67. The lowest BCUT2D eigenvalue weighted by molar-refractivity contribution is 0.674. The molecule has 8 nitrogen and oxygen atoms in total. The number of para-hydroxylation sites is 4. The zero-order valence-corrected chi connectivity index (χ0v) is 43.5. The number of benzene rings is 10. The summed E-state index contributed by atoms with van der Waals surface area (Å²) in [7, 11) is 0. The minimum absolute atomic E-state index is 0.0243. The Bertz CT molecular complexity index is 4520. The van der Waals surface area contributed by atoms with Crippen LogP contribution in [0.1, 0.15) is 46.6 Å². The first kappa shape index (κ1) is 46.7. The number of allylic oxidation sites excluding steroid dienone is 4. The van der Waals surface area contributed by atoms with Gasteiger partial charge in [0.25, 0.3) is 0 Å². The Balaban J connectivity index is 0.688. The topological polar surface area (TPSA) is 85.3 Å². The Hall–Kier alpha value is -10.6. The number of amidine groups is 2. The van der Waals surface area contributed by atoms with Crippen molar-refractivity contribution in [1.82, 2.24) is 29.4 Å². The molecular formula is C72H50N8. The molecule has 10 aromatic carbocycles. The van der Waals surface area contributed by atoms with E-state index in [4.69, 9.17) is 24.9 Å². The highest BCUT2D eigenvalue weighted by Gasteiger charge is 2.23. The largest absolute Gasteiger partial charge is 0.344 e. The molecule has 0 amide bonds. The molecule has 80 heavy (non-hydrogen) atoms. The summed E-state index contributed by atoms with van der Waals surface area (Å²) in [4.78, 5) is 25.7. The molecule has 0 spiro atoms. The summed E-state index contributed by atoms with van der Waals surface area (Å²) in [5.41, 5.74) is 16.3. The van der Waals surface area contributed by atoms with Crippen LogP contribution in [-0.4, -0.2) is 35.8 Å². The molecule has 3 aromatic heterocycles. The second-order valence-electron chi connectivity index (χ2n) is 20.4. The predicted octanol–water partition coefficient (Wildman–Crippen LogP) is 16.7. The van der Waals surface area contributed by atoms with Crippen LogP contribution in [0.2, 0.25) is 0 Å². The van der Waals surface area contributed by atoms with Gasteiger partial charge in [-0.1, -0.05) is 194 Å². The third-order valence-electron chi connectivity index (χ3n) is 15.6. The third-order valence-corrected chi connectivity index (χ3v) is 15.6. The first-order valence-electron chi connectivity index (χ1n) is 27.2. The molecule has 1 aliphatic carbocycles.